The lowest BCUT2D eigenvalue weighted by molar-refractivity contribution is 0.198. The fourth-order valence-electron chi connectivity index (χ4n) is 2.08. The molecule has 2 rings (SSSR count). The largest absolute Gasteiger partial charge is 0.446 e. The van der Waals surface area contributed by atoms with E-state index < -0.39 is 6.03 Å². The van der Waals surface area contributed by atoms with Crippen molar-refractivity contribution in [3.05, 3.63) is 29.8 Å². The maximum absolute atomic E-state index is 11.7. The zero-order valence-corrected chi connectivity index (χ0v) is 9.34. The molecule has 0 saturated heterocycles. The minimum atomic E-state index is -0.511. The number of hydrogen-bond acceptors (Lipinski definition) is 3. The summed E-state index contributed by atoms with van der Waals surface area (Å²) in [4.78, 5) is 11.7. The number of fused-ring (bicyclic) bond motifs is 1. The second kappa shape index (κ2) is 3.31. The molecule has 0 aliphatic carbocycles. The maximum Gasteiger partial charge on any atom is 0.446 e. The molecule has 0 bridgehead atoms. The molecule has 4 N–H and O–H groups in total. The van der Waals surface area contributed by atoms with Gasteiger partial charge in [-0.2, -0.15) is 0 Å². The monoisotopic (exact) mass is 219 g/mol. The lowest BCUT2D eigenvalue weighted by Gasteiger charge is -2.27. The summed E-state index contributed by atoms with van der Waals surface area (Å²) < 4.78 is -0.248. The molecule has 1 unspecified atom stereocenters. The average molecular weight is 219 g/mol. The lowest BCUT2D eigenvalue weighted by atomic mass is 10.1. The van der Waals surface area contributed by atoms with Gasteiger partial charge in [0.25, 0.3) is 0 Å². The molecule has 1 aliphatic heterocycles. The summed E-state index contributed by atoms with van der Waals surface area (Å²) in [6.45, 7) is 3.78. The molecule has 16 heavy (non-hydrogen) atoms. The highest BCUT2D eigenvalue weighted by Gasteiger charge is 2.48. The van der Waals surface area contributed by atoms with E-state index in [1.165, 1.54) is 0 Å². The van der Waals surface area contributed by atoms with Crippen LogP contribution in [0.3, 0.4) is 0 Å². The Bertz CT molecular complexity index is 481. The van der Waals surface area contributed by atoms with Crippen LogP contribution in [0, 0.1) is 0 Å². The van der Waals surface area contributed by atoms with Crippen molar-refractivity contribution in [3.8, 4) is 0 Å². The Kier molecular flexibility index (Phi) is 2.20. The number of carbonyl (C=O) groups is 1. The van der Waals surface area contributed by atoms with E-state index in [4.69, 9.17) is 11.5 Å². The standard InChI is InChI=1S/C11H14N4O/c1-7(2)15(11(13)16)9-6-4-3-5-8(9)10(12)14-15/h3-7H,1-2H3,(H3-,12,13,14,16)/p+1. The van der Waals surface area contributed by atoms with Crippen LogP contribution in [-0.4, -0.2) is 17.9 Å². The second-order valence-corrected chi connectivity index (χ2v) is 4.12. The van der Waals surface area contributed by atoms with Gasteiger partial charge in [0.15, 0.2) is 11.5 Å². The highest BCUT2D eigenvalue weighted by molar-refractivity contribution is 6.09. The van der Waals surface area contributed by atoms with E-state index in [0.29, 0.717) is 5.84 Å². The van der Waals surface area contributed by atoms with Gasteiger partial charge in [0.1, 0.15) is 6.04 Å². The van der Waals surface area contributed by atoms with Crippen LogP contribution < -0.4 is 16.1 Å². The molecule has 1 heterocycles. The number of quaternary nitrogens is 1. The van der Waals surface area contributed by atoms with Crippen LogP contribution in [0.2, 0.25) is 0 Å². The van der Waals surface area contributed by atoms with Gasteiger partial charge in [0, 0.05) is 6.07 Å². The Morgan fingerprint density at radius 1 is 1.38 bits per heavy atom. The molecule has 0 saturated carbocycles. The van der Waals surface area contributed by atoms with Crippen LogP contribution in [-0.2, 0) is 0 Å². The molecular formula is C11H15N4O+. The van der Waals surface area contributed by atoms with Gasteiger partial charge in [-0.25, -0.2) is 4.79 Å². The first-order valence-electron chi connectivity index (χ1n) is 5.14. The molecule has 0 radical (unpaired) electrons. The number of benzene rings is 1. The van der Waals surface area contributed by atoms with Gasteiger partial charge in [0.05, 0.1) is 5.56 Å². The van der Waals surface area contributed by atoms with Gasteiger partial charge >= 0.3 is 6.03 Å². The van der Waals surface area contributed by atoms with E-state index in [0.717, 1.165) is 11.3 Å². The summed E-state index contributed by atoms with van der Waals surface area (Å²) in [5.41, 5.74) is 12.8. The number of para-hydroxylation sites is 1. The third kappa shape index (κ3) is 1.15. The number of nitrogens with two attached hydrogens (primary N) is 2. The van der Waals surface area contributed by atoms with Crippen LogP contribution in [0.25, 0.3) is 0 Å². The number of rotatable bonds is 1. The molecule has 1 atom stereocenters. The fraction of sp³-hybridized carbons (Fsp3) is 0.273. The molecule has 0 fully saturated rings. The highest BCUT2D eigenvalue weighted by Crippen LogP contribution is 2.35. The third-order valence-corrected chi connectivity index (χ3v) is 2.90. The van der Waals surface area contributed by atoms with Gasteiger partial charge in [-0.15, -0.1) is 0 Å². The van der Waals surface area contributed by atoms with Gasteiger partial charge < -0.3 is 11.5 Å². The molecule has 2 amide bonds. The van der Waals surface area contributed by atoms with Crippen molar-refractivity contribution in [2.45, 2.75) is 19.9 Å². The molecule has 84 valence electrons. The van der Waals surface area contributed by atoms with Crippen molar-refractivity contribution in [2.75, 3.05) is 0 Å². The van der Waals surface area contributed by atoms with E-state index in [2.05, 4.69) is 5.10 Å². The molecule has 1 aliphatic rings. The zero-order chi connectivity index (χ0) is 11.9. The Morgan fingerprint density at radius 3 is 2.56 bits per heavy atom. The van der Waals surface area contributed by atoms with Gasteiger partial charge in [-0.1, -0.05) is 16.7 Å². The number of amidine groups is 1. The number of carbonyl (C=O) groups excluding carboxylic acids is 1. The van der Waals surface area contributed by atoms with Crippen molar-refractivity contribution in [1.82, 2.24) is 4.59 Å². The number of nitrogens with zero attached hydrogens (tertiary/aromatic N) is 2. The summed E-state index contributed by atoms with van der Waals surface area (Å²) in [6.07, 6.45) is 0. The minimum Gasteiger partial charge on any atom is -0.379 e. The van der Waals surface area contributed by atoms with Crippen LogP contribution in [0.5, 0.6) is 0 Å². The van der Waals surface area contributed by atoms with Crippen LogP contribution in [0.1, 0.15) is 19.4 Å². The molecule has 0 spiro atoms. The topological polar surface area (TPSA) is 81.5 Å². The SMILES string of the molecule is CC(C)[N+]1(C(N)=O)N=C(N)c2ccccc21. The Hall–Kier alpha value is -1.88. The first-order chi connectivity index (χ1) is 7.50. The van der Waals surface area contributed by atoms with E-state index >= 15 is 0 Å². The molecule has 1 aromatic rings. The van der Waals surface area contributed by atoms with Gasteiger partial charge in [0.2, 0.25) is 0 Å². The van der Waals surface area contributed by atoms with Crippen LogP contribution in [0.15, 0.2) is 29.4 Å². The Balaban J connectivity index is 2.73. The fourth-order valence-corrected chi connectivity index (χ4v) is 2.08. The molecule has 1 aromatic carbocycles. The summed E-state index contributed by atoms with van der Waals surface area (Å²) in [5, 5.41) is 4.24. The third-order valence-electron chi connectivity index (χ3n) is 2.90. The van der Waals surface area contributed by atoms with E-state index in [9.17, 15) is 4.79 Å². The second-order valence-electron chi connectivity index (χ2n) is 4.12. The first kappa shape index (κ1) is 10.6. The lowest BCUT2D eigenvalue weighted by Crippen LogP contribution is -2.56. The van der Waals surface area contributed by atoms with E-state index in [-0.39, 0.29) is 10.6 Å². The van der Waals surface area contributed by atoms with Crippen LogP contribution in [0.4, 0.5) is 10.5 Å². The van der Waals surface area contributed by atoms with Crippen molar-refractivity contribution in [2.24, 2.45) is 16.6 Å². The molecule has 0 aromatic heterocycles. The Morgan fingerprint density at radius 2 is 2.00 bits per heavy atom. The molecule has 5 nitrogen and oxygen atoms in total. The zero-order valence-electron chi connectivity index (χ0n) is 9.34. The minimum absolute atomic E-state index is 0.0836. The van der Waals surface area contributed by atoms with Crippen molar-refractivity contribution in [3.63, 3.8) is 0 Å². The average Bonchev–Trinajstić information content (AvgIpc) is 2.54. The number of primary amides is 1. The Labute approximate surface area is 93.9 Å². The maximum atomic E-state index is 11.7. The van der Waals surface area contributed by atoms with Gasteiger partial charge in [-0.3, -0.25) is 0 Å². The number of amides is 2. The normalized spacial score (nSPS) is 23.1. The smallest absolute Gasteiger partial charge is 0.379 e. The summed E-state index contributed by atoms with van der Waals surface area (Å²) in [6, 6.07) is 6.80. The van der Waals surface area contributed by atoms with Gasteiger partial charge in [-0.05, 0) is 25.0 Å². The van der Waals surface area contributed by atoms with E-state index in [1.54, 1.807) is 0 Å². The predicted octanol–water partition coefficient (Wildman–Crippen LogP) is 1.11. The predicted molar refractivity (Wildman–Crippen MR) is 63.7 cm³/mol. The van der Waals surface area contributed by atoms with Crippen molar-refractivity contribution < 1.29 is 4.79 Å². The summed E-state index contributed by atoms with van der Waals surface area (Å²) in [7, 11) is 0. The molecular weight excluding hydrogens is 204 g/mol. The van der Waals surface area contributed by atoms with Crippen LogP contribution >= 0.6 is 0 Å². The quantitative estimate of drug-likeness (QED) is 0.694. The number of hydrogen-bond donors (Lipinski definition) is 2. The number of urea groups is 1. The van der Waals surface area contributed by atoms with E-state index in [1.807, 2.05) is 38.1 Å². The van der Waals surface area contributed by atoms with Crippen molar-refractivity contribution >= 4 is 17.6 Å². The molecule has 5 heteroatoms. The summed E-state index contributed by atoms with van der Waals surface area (Å²) >= 11 is 0. The van der Waals surface area contributed by atoms with Crippen molar-refractivity contribution in [1.29, 1.82) is 0 Å². The highest BCUT2D eigenvalue weighted by atomic mass is 16.2. The summed E-state index contributed by atoms with van der Waals surface area (Å²) in [5.74, 6) is 0.364. The first-order valence-corrected chi connectivity index (χ1v) is 5.14.